The maximum absolute atomic E-state index is 12.0. The average Bonchev–Trinajstić information content (AvgIpc) is 2.93. The number of amides is 1. The van der Waals surface area contributed by atoms with Crippen molar-refractivity contribution in [3.8, 4) is 11.8 Å². The van der Waals surface area contributed by atoms with Gasteiger partial charge in [0.2, 0.25) is 0 Å². The Labute approximate surface area is 135 Å². The summed E-state index contributed by atoms with van der Waals surface area (Å²) in [5, 5.41) is 0. The van der Waals surface area contributed by atoms with E-state index in [2.05, 4.69) is 16.8 Å². The third kappa shape index (κ3) is 2.66. The molecule has 1 spiro atoms. The number of carbonyl (C=O) groups excluding carboxylic acids is 1. The molecule has 1 saturated carbocycles. The Bertz CT molecular complexity index is 784. The van der Waals surface area contributed by atoms with Gasteiger partial charge in [-0.15, -0.1) is 0 Å². The Kier molecular flexibility index (Phi) is 3.27. The van der Waals surface area contributed by atoms with Gasteiger partial charge in [0.05, 0.1) is 6.54 Å². The van der Waals surface area contributed by atoms with Gasteiger partial charge in [-0.25, -0.2) is 9.78 Å². The van der Waals surface area contributed by atoms with Crippen LogP contribution in [-0.4, -0.2) is 23.2 Å². The van der Waals surface area contributed by atoms with E-state index in [0.717, 1.165) is 30.4 Å². The number of aromatic nitrogens is 1. The van der Waals surface area contributed by atoms with Gasteiger partial charge in [-0.1, -0.05) is 30.0 Å². The molecule has 1 amide bonds. The standard InChI is InChI=1S/C19H16N2O2/c22-18-21(14-19(23-18)11-4-12-19)17-10-9-16(13-20-17)8-7-15-5-2-1-3-6-15/h1-3,5-6,9-10,13H,4,11-12,14H2. The molecule has 2 fully saturated rings. The summed E-state index contributed by atoms with van der Waals surface area (Å²) in [6.45, 7) is 0.605. The van der Waals surface area contributed by atoms with E-state index < -0.39 is 0 Å². The van der Waals surface area contributed by atoms with Crippen LogP contribution in [0.4, 0.5) is 10.6 Å². The zero-order chi connectivity index (χ0) is 15.7. The predicted molar refractivity (Wildman–Crippen MR) is 87.1 cm³/mol. The van der Waals surface area contributed by atoms with Gasteiger partial charge in [0.15, 0.2) is 0 Å². The highest BCUT2D eigenvalue weighted by Gasteiger charge is 2.50. The molecule has 1 aliphatic heterocycles. The quantitative estimate of drug-likeness (QED) is 0.759. The number of nitrogens with zero attached hydrogens (tertiary/aromatic N) is 2. The Morgan fingerprint density at radius 3 is 2.43 bits per heavy atom. The van der Waals surface area contributed by atoms with E-state index in [1.807, 2.05) is 42.5 Å². The molecule has 0 unspecified atom stereocenters. The van der Waals surface area contributed by atoms with Crippen LogP contribution >= 0.6 is 0 Å². The van der Waals surface area contributed by atoms with Gasteiger partial charge in [-0.2, -0.15) is 0 Å². The van der Waals surface area contributed by atoms with Gasteiger partial charge >= 0.3 is 6.09 Å². The minimum Gasteiger partial charge on any atom is -0.441 e. The van der Waals surface area contributed by atoms with E-state index in [9.17, 15) is 4.79 Å². The summed E-state index contributed by atoms with van der Waals surface area (Å²) in [4.78, 5) is 18.0. The molecule has 0 radical (unpaired) electrons. The van der Waals surface area contributed by atoms with E-state index in [4.69, 9.17) is 4.74 Å². The van der Waals surface area contributed by atoms with Gasteiger partial charge in [-0.05, 0) is 43.5 Å². The molecular weight excluding hydrogens is 288 g/mol. The summed E-state index contributed by atoms with van der Waals surface area (Å²) in [5.74, 6) is 6.80. The SMILES string of the molecule is O=C1OC2(CCC2)CN1c1ccc(C#Cc2ccccc2)cn1. The molecule has 0 atom stereocenters. The zero-order valence-electron chi connectivity index (χ0n) is 12.7. The summed E-state index contributed by atoms with van der Waals surface area (Å²) in [6, 6.07) is 13.5. The summed E-state index contributed by atoms with van der Waals surface area (Å²) >= 11 is 0. The lowest BCUT2D eigenvalue weighted by Crippen LogP contribution is -2.41. The first-order valence-electron chi connectivity index (χ1n) is 7.78. The van der Waals surface area contributed by atoms with E-state index in [0.29, 0.717) is 12.4 Å². The van der Waals surface area contributed by atoms with Gasteiger partial charge < -0.3 is 4.74 Å². The molecule has 4 nitrogen and oxygen atoms in total. The van der Waals surface area contributed by atoms with E-state index in [-0.39, 0.29) is 11.7 Å². The number of hydrogen-bond acceptors (Lipinski definition) is 3. The van der Waals surface area contributed by atoms with Gasteiger partial charge in [0, 0.05) is 17.3 Å². The third-order valence-electron chi connectivity index (χ3n) is 4.38. The van der Waals surface area contributed by atoms with Crippen LogP contribution in [0.25, 0.3) is 0 Å². The number of benzene rings is 1. The number of pyridine rings is 1. The fourth-order valence-electron chi connectivity index (χ4n) is 2.92. The first kappa shape index (κ1) is 13.8. The van der Waals surface area contributed by atoms with Crippen LogP contribution in [0, 0.1) is 11.8 Å². The Morgan fingerprint density at radius 1 is 1.04 bits per heavy atom. The van der Waals surface area contributed by atoms with Crippen LogP contribution in [0.3, 0.4) is 0 Å². The first-order chi connectivity index (χ1) is 11.2. The molecule has 1 aromatic heterocycles. The molecule has 1 aliphatic carbocycles. The molecule has 4 rings (SSSR count). The highest BCUT2D eigenvalue weighted by atomic mass is 16.6. The van der Waals surface area contributed by atoms with Crippen molar-refractivity contribution in [2.75, 3.05) is 11.4 Å². The van der Waals surface area contributed by atoms with Crippen LogP contribution in [0.1, 0.15) is 30.4 Å². The molecule has 23 heavy (non-hydrogen) atoms. The highest BCUT2D eigenvalue weighted by Crippen LogP contribution is 2.41. The number of anilines is 1. The molecule has 1 aromatic carbocycles. The molecule has 0 bridgehead atoms. The highest BCUT2D eigenvalue weighted by molar-refractivity contribution is 5.89. The van der Waals surface area contributed by atoms with E-state index in [1.165, 1.54) is 0 Å². The molecule has 114 valence electrons. The molecular formula is C19H16N2O2. The smallest absolute Gasteiger partial charge is 0.416 e. The fourth-order valence-corrected chi connectivity index (χ4v) is 2.92. The molecule has 2 aliphatic rings. The van der Waals surface area contributed by atoms with Crippen molar-refractivity contribution in [2.45, 2.75) is 24.9 Å². The minimum atomic E-state index is -0.291. The van der Waals surface area contributed by atoms with E-state index in [1.54, 1.807) is 11.1 Å². The topological polar surface area (TPSA) is 42.4 Å². The summed E-state index contributed by atoms with van der Waals surface area (Å²) in [5.41, 5.74) is 1.53. The van der Waals surface area contributed by atoms with Crippen molar-refractivity contribution in [3.63, 3.8) is 0 Å². The molecule has 1 saturated heterocycles. The molecule has 4 heteroatoms. The lowest BCUT2D eigenvalue weighted by molar-refractivity contribution is -0.00650. The zero-order valence-corrected chi connectivity index (χ0v) is 12.7. The largest absolute Gasteiger partial charge is 0.441 e. The lowest BCUT2D eigenvalue weighted by atomic mass is 9.80. The molecule has 2 heterocycles. The van der Waals surface area contributed by atoms with Crippen molar-refractivity contribution in [1.29, 1.82) is 0 Å². The van der Waals surface area contributed by atoms with Crippen molar-refractivity contribution in [1.82, 2.24) is 4.98 Å². The number of hydrogen-bond donors (Lipinski definition) is 0. The lowest BCUT2D eigenvalue weighted by Gasteiger charge is -2.34. The van der Waals surface area contributed by atoms with E-state index >= 15 is 0 Å². The maximum atomic E-state index is 12.0. The third-order valence-corrected chi connectivity index (χ3v) is 4.38. The van der Waals surface area contributed by atoms with Crippen LogP contribution in [0.15, 0.2) is 48.7 Å². The second-order valence-electron chi connectivity index (χ2n) is 6.01. The maximum Gasteiger partial charge on any atom is 0.416 e. The second-order valence-corrected chi connectivity index (χ2v) is 6.01. The first-order valence-corrected chi connectivity index (χ1v) is 7.78. The number of ether oxygens (including phenoxy) is 1. The average molecular weight is 304 g/mol. The monoisotopic (exact) mass is 304 g/mol. The van der Waals surface area contributed by atoms with Crippen molar-refractivity contribution in [2.24, 2.45) is 0 Å². The second kappa shape index (κ2) is 5.44. The normalized spacial score (nSPS) is 18.1. The van der Waals surface area contributed by atoms with Crippen LogP contribution < -0.4 is 4.90 Å². The Hall–Kier alpha value is -2.80. The van der Waals surface area contributed by atoms with Crippen molar-refractivity contribution in [3.05, 3.63) is 59.8 Å². The summed E-state index contributed by atoms with van der Waals surface area (Å²) in [6.07, 6.45) is 4.44. The summed E-state index contributed by atoms with van der Waals surface area (Å²) in [7, 11) is 0. The van der Waals surface area contributed by atoms with Crippen LogP contribution in [0.5, 0.6) is 0 Å². The van der Waals surface area contributed by atoms with Gasteiger partial charge in [0.25, 0.3) is 0 Å². The predicted octanol–water partition coefficient (Wildman–Crippen LogP) is 3.36. The molecule has 2 aromatic rings. The minimum absolute atomic E-state index is 0.259. The molecule has 0 N–H and O–H groups in total. The summed E-state index contributed by atoms with van der Waals surface area (Å²) < 4.78 is 5.51. The van der Waals surface area contributed by atoms with Crippen LogP contribution in [0.2, 0.25) is 0 Å². The van der Waals surface area contributed by atoms with Gasteiger partial charge in [0.1, 0.15) is 11.4 Å². The number of rotatable bonds is 1. The Balaban J connectivity index is 1.50. The number of carbonyl (C=O) groups is 1. The fraction of sp³-hybridized carbons (Fsp3) is 0.263. The van der Waals surface area contributed by atoms with Crippen molar-refractivity contribution >= 4 is 11.9 Å². The van der Waals surface area contributed by atoms with Gasteiger partial charge in [-0.3, -0.25) is 4.90 Å². The van der Waals surface area contributed by atoms with Crippen LogP contribution in [-0.2, 0) is 4.74 Å². The van der Waals surface area contributed by atoms with Crippen molar-refractivity contribution < 1.29 is 9.53 Å². The Morgan fingerprint density at radius 2 is 1.83 bits per heavy atom.